The smallest absolute Gasteiger partial charge is 0.433 e. The number of aliphatic carboxylic acids is 1. The molecule has 1 aliphatic rings. The van der Waals surface area contributed by atoms with Crippen LogP contribution in [-0.4, -0.2) is 52.7 Å². The predicted molar refractivity (Wildman–Crippen MR) is 62.5 cm³/mol. The molecule has 2 heterocycles. The standard InChI is InChI=1S/C12H11F3N2O4/c13-12(14,15)9-2-1-7(5-16-9)10(18)17-3-4-21-8(6-17)11(19)20/h1-2,5,8H,3-4,6H2,(H,19,20). The first-order chi connectivity index (χ1) is 9.79. The second kappa shape index (κ2) is 5.68. The van der Waals surface area contributed by atoms with Crippen molar-refractivity contribution in [2.75, 3.05) is 19.7 Å². The Balaban J connectivity index is 2.11. The average Bonchev–Trinajstić information content (AvgIpc) is 2.46. The Hall–Kier alpha value is -2.16. The molecule has 6 nitrogen and oxygen atoms in total. The van der Waals surface area contributed by atoms with Crippen molar-refractivity contribution in [3.05, 3.63) is 29.6 Å². The second-order valence-electron chi connectivity index (χ2n) is 4.38. The molecule has 1 amide bonds. The van der Waals surface area contributed by atoms with Gasteiger partial charge in [-0.2, -0.15) is 13.2 Å². The van der Waals surface area contributed by atoms with Crippen molar-refractivity contribution < 1.29 is 32.6 Å². The van der Waals surface area contributed by atoms with E-state index >= 15 is 0 Å². The van der Waals surface area contributed by atoms with Crippen LogP contribution in [0.4, 0.5) is 13.2 Å². The third-order valence-electron chi connectivity index (χ3n) is 2.93. The zero-order chi connectivity index (χ0) is 15.6. The van der Waals surface area contributed by atoms with Crippen molar-refractivity contribution in [1.29, 1.82) is 0 Å². The number of carboxylic acids is 1. The number of aromatic nitrogens is 1. The Morgan fingerprint density at radius 1 is 1.38 bits per heavy atom. The van der Waals surface area contributed by atoms with Gasteiger partial charge in [-0.25, -0.2) is 4.79 Å². The number of rotatable bonds is 2. The molecular formula is C12H11F3N2O4. The molecule has 21 heavy (non-hydrogen) atoms. The number of hydrogen-bond acceptors (Lipinski definition) is 4. The van der Waals surface area contributed by atoms with E-state index < -0.39 is 29.9 Å². The Labute approximate surface area is 117 Å². The van der Waals surface area contributed by atoms with Crippen LogP contribution in [0.3, 0.4) is 0 Å². The lowest BCUT2D eigenvalue weighted by Crippen LogP contribution is -2.48. The lowest BCUT2D eigenvalue weighted by Gasteiger charge is -2.30. The van der Waals surface area contributed by atoms with E-state index in [1.165, 1.54) is 4.90 Å². The van der Waals surface area contributed by atoms with E-state index in [9.17, 15) is 22.8 Å². The Bertz CT molecular complexity index is 544. The third kappa shape index (κ3) is 3.48. The summed E-state index contributed by atoms with van der Waals surface area (Å²) in [6, 6.07) is 1.73. The Kier molecular flexibility index (Phi) is 4.12. The van der Waals surface area contributed by atoms with Crippen LogP contribution in [0, 0.1) is 0 Å². The van der Waals surface area contributed by atoms with Gasteiger partial charge in [-0.1, -0.05) is 0 Å². The number of ether oxygens (including phenoxy) is 1. The van der Waals surface area contributed by atoms with E-state index in [-0.39, 0.29) is 25.3 Å². The molecule has 0 aromatic carbocycles. The van der Waals surface area contributed by atoms with Crippen LogP contribution in [0.2, 0.25) is 0 Å². The number of carboxylic acid groups (broad SMARTS) is 1. The van der Waals surface area contributed by atoms with Crippen molar-refractivity contribution in [3.8, 4) is 0 Å². The highest BCUT2D eigenvalue weighted by Gasteiger charge is 2.33. The minimum absolute atomic E-state index is 0.0333. The van der Waals surface area contributed by atoms with Crippen molar-refractivity contribution in [1.82, 2.24) is 9.88 Å². The summed E-state index contributed by atoms with van der Waals surface area (Å²) in [6.07, 6.45) is -4.88. The molecule has 1 fully saturated rings. The van der Waals surface area contributed by atoms with Crippen molar-refractivity contribution in [2.45, 2.75) is 12.3 Å². The van der Waals surface area contributed by atoms with Gasteiger partial charge >= 0.3 is 12.1 Å². The number of carbonyl (C=O) groups is 2. The highest BCUT2D eigenvalue weighted by molar-refractivity contribution is 5.94. The highest BCUT2D eigenvalue weighted by atomic mass is 19.4. The van der Waals surface area contributed by atoms with Gasteiger partial charge in [0.2, 0.25) is 0 Å². The van der Waals surface area contributed by atoms with Gasteiger partial charge in [-0.05, 0) is 12.1 Å². The molecule has 1 aromatic rings. The van der Waals surface area contributed by atoms with Crippen LogP contribution in [0.25, 0.3) is 0 Å². The van der Waals surface area contributed by atoms with E-state index in [4.69, 9.17) is 9.84 Å². The summed E-state index contributed by atoms with van der Waals surface area (Å²) < 4.78 is 42.1. The largest absolute Gasteiger partial charge is 0.479 e. The van der Waals surface area contributed by atoms with Crippen LogP contribution in [-0.2, 0) is 15.7 Å². The van der Waals surface area contributed by atoms with Gasteiger partial charge in [0.05, 0.1) is 18.7 Å². The minimum Gasteiger partial charge on any atom is -0.479 e. The molecule has 9 heteroatoms. The fraction of sp³-hybridized carbons (Fsp3) is 0.417. The normalized spacial score (nSPS) is 19.4. The van der Waals surface area contributed by atoms with Crippen molar-refractivity contribution >= 4 is 11.9 Å². The molecule has 0 aliphatic carbocycles. The number of alkyl halides is 3. The number of hydrogen-bond donors (Lipinski definition) is 1. The summed E-state index contributed by atoms with van der Waals surface area (Å²) in [4.78, 5) is 27.3. The predicted octanol–water partition coefficient (Wildman–Crippen LogP) is 1.03. The van der Waals surface area contributed by atoms with Gasteiger partial charge in [-0.3, -0.25) is 9.78 Å². The molecule has 1 aliphatic heterocycles. The maximum absolute atomic E-state index is 12.4. The highest BCUT2D eigenvalue weighted by Crippen LogP contribution is 2.27. The molecule has 0 bridgehead atoms. The molecule has 1 atom stereocenters. The van der Waals surface area contributed by atoms with Gasteiger partial charge in [0, 0.05) is 12.7 Å². The van der Waals surface area contributed by atoms with E-state index in [2.05, 4.69) is 4.98 Å². The molecule has 0 radical (unpaired) electrons. The zero-order valence-corrected chi connectivity index (χ0v) is 10.6. The Morgan fingerprint density at radius 2 is 2.10 bits per heavy atom. The van der Waals surface area contributed by atoms with Gasteiger partial charge in [0.25, 0.3) is 5.91 Å². The van der Waals surface area contributed by atoms with Crippen LogP contribution in [0.1, 0.15) is 16.1 Å². The number of carbonyl (C=O) groups excluding carboxylic acids is 1. The van der Waals surface area contributed by atoms with Crippen LogP contribution >= 0.6 is 0 Å². The summed E-state index contributed by atoms with van der Waals surface area (Å²) in [5.41, 5.74) is -1.13. The summed E-state index contributed by atoms with van der Waals surface area (Å²) in [7, 11) is 0. The molecule has 2 rings (SSSR count). The zero-order valence-electron chi connectivity index (χ0n) is 10.6. The number of halogens is 3. The first kappa shape index (κ1) is 15.2. The van der Waals surface area contributed by atoms with Gasteiger partial charge in [0.15, 0.2) is 6.10 Å². The number of amides is 1. The summed E-state index contributed by atoms with van der Waals surface area (Å²) in [6.45, 7) is 0.0651. The second-order valence-corrected chi connectivity index (χ2v) is 4.38. The average molecular weight is 304 g/mol. The molecule has 0 saturated carbocycles. The summed E-state index contributed by atoms with van der Waals surface area (Å²) >= 11 is 0. The van der Waals surface area contributed by atoms with E-state index in [0.717, 1.165) is 12.3 Å². The van der Waals surface area contributed by atoms with Crippen molar-refractivity contribution in [3.63, 3.8) is 0 Å². The maximum Gasteiger partial charge on any atom is 0.433 e. The monoisotopic (exact) mass is 304 g/mol. The van der Waals surface area contributed by atoms with Gasteiger partial charge in [-0.15, -0.1) is 0 Å². The lowest BCUT2D eigenvalue weighted by molar-refractivity contribution is -0.154. The Morgan fingerprint density at radius 3 is 2.62 bits per heavy atom. The summed E-state index contributed by atoms with van der Waals surface area (Å²) in [5, 5.41) is 8.83. The van der Waals surface area contributed by atoms with Crippen molar-refractivity contribution in [2.24, 2.45) is 0 Å². The van der Waals surface area contributed by atoms with Gasteiger partial charge < -0.3 is 14.7 Å². The summed E-state index contributed by atoms with van der Waals surface area (Å²) in [5.74, 6) is -1.77. The maximum atomic E-state index is 12.4. The number of morpholine rings is 1. The third-order valence-corrected chi connectivity index (χ3v) is 2.93. The van der Waals surface area contributed by atoms with E-state index in [1.807, 2.05) is 0 Å². The topological polar surface area (TPSA) is 79.7 Å². The molecule has 1 saturated heterocycles. The molecule has 1 unspecified atom stereocenters. The first-order valence-electron chi connectivity index (χ1n) is 5.96. The van der Waals surface area contributed by atoms with Crippen LogP contribution < -0.4 is 0 Å². The van der Waals surface area contributed by atoms with E-state index in [1.54, 1.807) is 0 Å². The fourth-order valence-corrected chi connectivity index (χ4v) is 1.85. The van der Waals surface area contributed by atoms with Crippen LogP contribution in [0.15, 0.2) is 18.3 Å². The number of pyridine rings is 1. The molecule has 1 N–H and O–H groups in total. The fourth-order valence-electron chi connectivity index (χ4n) is 1.85. The molecule has 114 valence electrons. The van der Waals surface area contributed by atoms with Crippen LogP contribution in [0.5, 0.6) is 0 Å². The first-order valence-corrected chi connectivity index (χ1v) is 5.96. The SMILES string of the molecule is O=C(O)C1CN(C(=O)c2ccc(C(F)(F)F)nc2)CCO1. The van der Waals surface area contributed by atoms with Gasteiger partial charge in [0.1, 0.15) is 5.69 Å². The molecular weight excluding hydrogens is 293 g/mol. The lowest BCUT2D eigenvalue weighted by atomic mass is 10.2. The van der Waals surface area contributed by atoms with E-state index in [0.29, 0.717) is 6.07 Å². The number of nitrogens with zero attached hydrogens (tertiary/aromatic N) is 2. The molecule has 0 spiro atoms. The molecule has 1 aromatic heterocycles. The quantitative estimate of drug-likeness (QED) is 0.882. The minimum atomic E-state index is -4.57.